The van der Waals surface area contributed by atoms with E-state index in [0.29, 0.717) is 43.6 Å². The molecular weight excluding hydrogens is 776 g/mol. The Labute approximate surface area is 348 Å². The van der Waals surface area contributed by atoms with E-state index in [1.807, 2.05) is 81.4 Å². The van der Waals surface area contributed by atoms with Crippen LogP contribution in [0, 0.1) is 11.8 Å². The summed E-state index contributed by atoms with van der Waals surface area (Å²) in [5.74, 6) is 2.21. The van der Waals surface area contributed by atoms with Crippen LogP contribution in [0.3, 0.4) is 0 Å². The maximum Gasteiger partial charge on any atom is 0.332 e. The molecule has 1 saturated carbocycles. The van der Waals surface area contributed by atoms with Crippen LogP contribution >= 0.6 is 11.6 Å². The van der Waals surface area contributed by atoms with Crippen LogP contribution in [0.25, 0.3) is 0 Å². The Kier molecular flexibility index (Phi) is 12.6. The molecule has 1 aliphatic heterocycles. The first-order chi connectivity index (χ1) is 27.7. The molecule has 0 unspecified atom stereocenters. The van der Waals surface area contributed by atoms with Gasteiger partial charge < -0.3 is 28.6 Å². The molecule has 58 heavy (non-hydrogen) atoms. The molecule has 310 valence electrons. The van der Waals surface area contributed by atoms with Gasteiger partial charge in [0.15, 0.2) is 0 Å². The van der Waals surface area contributed by atoms with E-state index >= 15 is 0 Å². The summed E-state index contributed by atoms with van der Waals surface area (Å²) < 4.78 is 60.2. The molecule has 4 aromatic rings. The van der Waals surface area contributed by atoms with Crippen LogP contribution in [0.2, 0.25) is 5.02 Å². The highest BCUT2D eigenvalue weighted by molar-refractivity contribution is 7.89. The number of carbonyl (C=O) groups excluding carboxylic acids is 1. The van der Waals surface area contributed by atoms with Crippen LogP contribution in [0.15, 0.2) is 89.8 Å². The number of fused-ring (bicyclic) bond motifs is 3. The predicted molar refractivity (Wildman–Crippen MR) is 226 cm³/mol. The van der Waals surface area contributed by atoms with E-state index in [4.69, 9.17) is 35.3 Å². The van der Waals surface area contributed by atoms with E-state index < -0.39 is 15.6 Å². The molecule has 0 amide bonds. The van der Waals surface area contributed by atoms with Crippen molar-refractivity contribution in [3.05, 3.63) is 112 Å². The number of ether oxygens (including phenoxy) is 5. The molecule has 10 nitrogen and oxygen atoms in total. The van der Waals surface area contributed by atoms with Gasteiger partial charge in [-0.1, -0.05) is 41.9 Å². The third kappa shape index (κ3) is 9.60. The largest absolute Gasteiger partial charge is 0.497 e. The number of aryl methyl sites for hydroxylation is 1. The maximum atomic E-state index is 14.9. The molecule has 0 aromatic heterocycles. The number of sulfonamides is 1. The second-order valence-corrected chi connectivity index (χ2v) is 19.3. The monoisotopic (exact) mass is 830 g/mol. The van der Waals surface area contributed by atoms with Crippen molar-refractivity contribution in [3.63, 3.8) is 0 Å². The van der Waals surface area contributed by atoms with E-state index in [0.717, 1.165) is 53.9 Å². The van der Waals surface area contributed by atoms with Crippen molar-refractivity contribution in [1.29, 1.82) is 0 Å². The summed E-state index contributed by atoms with van der Waals surface area (Å²) >= 11 is 6.50. The fraction of sp³-hybridized carbons (Fsp3) is 0.457. The van der Waals surface area contributed by atoms with Crippen LogP contribution in [-0.2, 0) is 49.2 Å². The summed E-state index contributed by atoms with van der Waals surface area (Å²) in [6.45, 7) is 8.02. The molecule has 0 saturated heterocycles. The van der Waals surface area contributed by atoms with E-state index in [-0.39, 0.29) is 47.8 Å². The number of halogens is 1. The number of hydrogen-bond donors (Lipinski definition) is 0. The van der Waals surface area contributed by atoms with E-state index in [9.17, 15) is 13.2 Å². The van der Waals surface area contributed by atoms with Gasteiger partial charge in [0, 0.05) is 36.6 Å². The lowest BCUT2D eigenvalue weighted by molar-refractivity contribution is -0.161. The Bertz CT molecular complexity index is 2120. The fourth-order valence-electron chi connectivity index (χ4n) is 8.54. The Morgan fingerprint density at radius 1 is 0.897 bits per heavy atom. The zero-order valence-electron chi connectivity index (χ0n) is 34.2. The lowest BCUT2D eigenvalue weighted by Crippen LogP contribution is -2.48. The minimum atomic E-state index is -4.04. The minimum Gasteiger partial charge on any atom is -0.497 e. The topological polar surface area (TPSA) is 104 Å². The molecule has 3 atom stereocenters. The Hall–Kier alpha value is -4.29. The van der Waals surface area contributed by atoms with Crippen LogP contribution in [0.5, 0.6) is 17.2 Å². The second kappa shape index (κ2) is 17.5. The summed E-state index contributed by atoms with van der Waals surface area (Å²) in [7, 11) is -0.822. The third-order valence-electron chi connectivity index (χ3n) is 11.7. The van der Waals surface area contributed by atoms with Crippen LogP contribution < -0.4 is 19.1 Å². The van der Waals surface area contributed by atoms with Gasteiger partial charge in [-0.15, -0.1) is 0 Å². The number of carbonyl (C=O) groups is 1. The van der Waals surface area contributed by atoms with Crippen molar-refractivity contribution in [2.45, 2.75) is 81.9 Å². The summed E-state index contributed by atoms with van der Waals surface area (Å²) in [6, 6.07) is 26.4. The smallest absolute Gasteiger partial charge is 0.332 e. The molecule has 0 bridgehead atoms. The van der Waals surface area contributed by atoms with E-state index in [1.165, 1.54) is 15.4 Å². The number of methoxy groups -OCH3 is 2. The number of nitrogens with zero attached hydrogens (tertiary/aromatic N) is 2. The van der Waals surface area contributed by atoms with Crippen molar-refractivity contribution in [2.24, 2.45) is 11.8 Å². The van der Waals surface area contributed by atoms with Gasteiger partial charge in [0.05, 0.1) is 38.0 Å². The number of hydrogen-bond acceptors (Lipinski definition) is 9. The van der Waals surface area contributed by atoms with Gasteiger partial charge in [0.2, 0.25) is 10.0 Å². The second-order valence-electron chi connectivity index (χ2n) is 16.9. The molecular formula is C46H55ClN2O8S. The summed E-state index contributed by atoms with van der Waals surface area (Å²) in [5.41, 5.74) is 4.01. The Morgan fingerprint density at radius 2 is 1.55 bits per heavy atom. The highest BCUT2D eigenvalue weighted by Crippen LogP contribution is 2.47. The van der Waals surface area contributed by atoms with Gasteiger partial charge in [-0.2, -0.15) is 4.31 Å². The van der Waals surface area contributed by atoms with Crippen molar-refractivity contribution < 1.29 is 36.9 Å². The number of anilines is 1. The van der Waals surface area contributed by atoms with Gasteiger partial charge >= 0.3 is 5.97 Å². The number of esters is 1. The van der Waals surface area contributed by atoms with Crippen LogP contribution in [-0.4, -0.2) is 71.4 Å². The van der Waals surface area contributed by atoms with E-state index in [2.05, 4.69) is 17.0 Å². The lowest BCUT2D eigenvalue weighted by Gasteiger charge is -2.44. The number of benzene rings is 4. The molecule has 2 aliphatic carbocycles. The SMILES string of the molecule is COc1ccc(CN(Cc2ccc(OC)cc2)S(=O)(=O)c2ccc3c(c2)N(C[C@@H]2CC[C@H]2COCC(=O)OC(C)(C)C)C[C@@]2(CCCc4cc(Cl)ccc42)CO3)cc1. The molecule has 3 aliphatic rings. The highest BCUT2D eigenvalue weighted by atomic mass is 35.5. The lowest BCUT2D eigenvalue weighted by atomic mass is 9.69. The van der Waals surface area contributed by atoms with Gasteiger partial charge in [-0.25, -0.2) is 13.2 Å². The zero-order chi connectivity index (χ0) is 41.1. The normalized spacial score (nSPS) is 20.4. The summed E-state index contributed by atoms with van der Waals surface area (Å²) in [6.07, 6.45) is 4.87. The average molecular weight is 831 g/mol. The molecule has 0 radical (unpaired) electrons. The quantitative estimate of drug-likeness (QED) is 0.116. The first-order valence-corrected chi connectivity index (χ1v) is 21.9. The van der Waals surface area contributed by atoms with Gasteiger partial charge in [0.1, 0.15) is 29.5 Å². The predicted octanol–water partition coefficient (Wildman–Crippen LogP) is 8.61. The van der Waals surface area contributed by atoms with Gasteiger partial charge in [-0.3, -0.25) is 0 Å². The van der Waals surface area contributed by atoms with Crippen LogP contribution in [0.4, 0.5) is 5.69 Å². The van der Waals surface area contributed by atoms with Gasteiger partial charge in [0.25, 0.3) is 0 Å². The average Bonchev–Trinajstić information content (AvgIpc) is 3.34. The third-order valence-corrected chi connectivity index (χ3v) is 13.7. The summed E-state index contributed by atoms with van der Waals surface area (Å²) in [4.78, 5) is 14.9. The molecule has 4 aromatic carbocycles. The van der Waals surface area contributed by atoms with Crippen molar-refractivity contribution in [2.75, 3.05) is 52.0 Å². The zero-order valence-corrected chi connectivity index (χ0v) is 35.7. The standard InChI is InChI=1S/C46H55ClN2O8S/c1-45(2,3)57-44(50)29-55-28-36-13-12-35(36)27-48-30-46(22-6-7-34-23-37(47)14-20-41(34)46)31-56-43-21-19-40(24-42(43)48)58(51,52)49(25-32-8-15-38(53-4)16-9-32)26-33-10-17-39(54-5)18-11-33/h8-11,14-21,23-24,35-36H,6-7,12-13,22,25-31H2,1-5H3/t35-,36-,46-/m0/s1. The van der Waals surface area contributed by atoms with Crippen molar-refractivity contribution in [3.8, 4) is 17.2 Å². The molecule has 1 spiro atoms. The molecule has 12 heteroatoms. The fourth-order valence-corrected chi connectivity index (χ4v) is 10.2. The molecule has 7 rings (SSSR count). The van der Waals surface area contributed by atoms with Crippen molar-refractivity contribution in [1.82, 2.24) is 4.31 Å². The Balaban J connectivity index is 1.21. The Morgan fingerprint density at radius 3 is 2.16 bits per heavy atom. The maximum absolute atomic E-state index is 14.9. The van der Waals surface area contributed by atoms with Gasteiger partial charge in [-0.05, 0) is 142 Å². The molecule has 1 fully saturated rings. The molecule has 1 heterocycles. The highest BCUT2D eigenvalue weighted by Gasteiger charge is 2.44. The first-order valence-electron chi connectivity index (χ1n) is 20.1. The first kappa shape index (κ1) is 41.9. The summed E-state index contributed by atoms with van der Waals surface area (Å²) in [5, 5.41) is 0.720. The van der Waals surface area contributed by atoms with Crippen molar-refractivity contribution >= 4 is 33.3 Å². The number of rotatable bonds is 14. The van der Waals surface area contributed by atoms with E-state index in [1.54, 1.807) is 26.4 Å². The molecule has 0 N–H and O–H groups in total. The minimum absolute atomic E-state index is 0.0892. The van der Waals surface area contributed by atoms with Crippen LogP contribution in [0.1, 0.15) is 68.7 Å².